The number of carbonyl (C=O) groups excluding carboxylic acids is 1. The van der Waals surface area contributed by atoms with Crippen LogP contribution in [-0.2, 0) is 10.9 Å². The zero-order valence-electron chi connectivity index (χ0n) is 7.22. The zero-order chi connectivity index (χ0) is 10.8. The van der Waals surface area contributed by atoms with Crippen LogP contribution in [0.3, 0.4) is 0 Å². The molecule has 1 aromatic heterocycles. The number of thiophene rings is 1. The van der Waals surface area contributed by atoms with E-state index in [1.54, 1.807) is 6.92 Å². The van der Waals surface area contributed by atoms with Crippen molar-refractivity contribution in [3.05, 3.63) is 21.9 Å². The number of alkyl halides is 3. The third-order valence-electron chi connectivity index (χ3n) is 1.43. The second-order valence-electron chi connectivity index (χ2n) is 2.38. The van der Waals surface area contributed by atoms with Gasteiger partial charge in [-0.15, -0.1) is 11.3 Å². The molecule has 0 fully saturated rings. The van der Waals surface area contributed by atoms with Crippen LogP contribution in [0.1, 0.15) is 22.2 Å². The van der Waals surface area contributed by atoms with Gasteiger partial charge in [0.05, 0.1) is 12.2 Å². The molecule has 0 saturated carbocycles. The minimum absolute atomic E-state index is 0.0635. The van der Waals surface area contributed by atoms with Gasteiger partial charge in [-0.05, 0) is 18.4 Å². The molecule has 1 rings (SSSR count). The van der Waals surface area contributed by atoms with Gasteiger partial charge >= 0.3 is 12.1 Å². The lowest BCUT2D eigenvalue weighted by Gasteiger charge is -2.06. The van der Waals surface area contributed by atoms with Crippen LogP contribution >= 0.6 is 11.3 Å². The normalized spacial score (nSPS) is 11.4. The molecule has 1 aromatic rings. The zero-order valence-corrected chi connectivity index (χ0v) is 8.04. The molecule has 78 valence electrons. The highest BCUT2D eigenvalue weighted by atomic mass is 32.1. The topological polar surface area (TPSA) is 26.3 Å². The standard InChI is InChI=1S/C8H7F3O2S/c1-2-13-7(12)6-5(3-4-14-6)8(9,10)11/h3-4H,2H2,1H3. The summed E-state index contributed by atoms with van der Waals surface area (Å²) < 4.78 is 41.3. The fourth-order valence-corrected chi connectivity index (χ4v) is 1.69. The average molecular weight is 224 g/mol. The lowest BCUT2D eigenvalue weighted by atomic mass is 10.2. The highest BCUT2D eigenvalue weighted by Gasteiger charge is 2.36. The molecule has 0 saturated heterocycles. The molecule has 2 nitrogen and oxygen atoms in total. The van der Waals surface area contributed by atoms with E-state index < -0.39 is 17.7 Å². The van der Waals surface area contributed by atoms with Crippen LogP contribution in [0.5, 0.6) is 0 Å². The summed E-state index contributed by atoms with van der Waals surface area (Å²) in [5.74, 6) is -0.921. The Labute approximate surface area is 82.3 Å². The Morgan fingerprint density at radius 3 is 2.71 bits per heavy atom. The van der Waals surface area contributed by atoms with Crippen molar-refractivity contribution in [1.29, 1.82) is 0 Å². The van der Waals surface area contributed by atoms with Gasteiger partial charge in [0.2, 0.25) is 0 Å². The number of esters is 1. The van der Waals surface area contributed by atoms with Crippen molar-refractivity contribution in [2.45, 2.75) is 13.1 Å². The molecule has 0 N–H and O–H groups in total. The van der Waals surface area contributed by atoms with Gasteiger partial charge in [0.15, 0.2) is 0 Å². The van der Waals surface area contributed by atoms with Crippen molar-refractivity contribution in [2.24, 2.45) is 0 Å². The minimum Gasteiger partial charge on any atom is -0.462 e. The van der Waals surface area contributed by atoms with Gasteiger partial charge in [0.1, 0.15) is 4.88 Å². The average Bonchev–Trinajstić information content (AvgIpc) is 2.50. The van der Waals surface area contributed by atoms with Crippen LogP contribution < -0.4 is 0 Å². The lowest BCUT2D eigenvalue weighted by molar-refractivity contribution is -0.137. The van der Waals surface area contributed by atoms with Crippen LogP contribution in [0.2, 0.25) is 0 Å². The molecule has 0 aliphatic heterocycles. The van der Waals surface area contributed by atoms with Gasteiger partial charge in [-0.25, -0.2) is 4.79 Å². The number of ether oxygens (including phenoxy) is 1. The fraction of sp³-hybridized carbons (Fsp3) is 0.375. The van der Waals surface area contributed by atoms with Gasteiger partial charge < -0.3 is 4.74 Å². The summed E-state index contributed by atoms with van der Waals surface area (Å²) in [5, 5.41) is 1.22. The van der Waals surface area contributed by atoms with E-state index in [1.807, 2.05) is 0 Å². The largest absolute Gasteiger partial charge is 0.462 e. The first-order chi connectivity index (χ1) is 6.46. The molecule has 0 aliphatic carbocycles. The number of halogens is 3. The number of hydrogen-bond acceptors (Lipinski definition) is 3. The summed E-state index contributed by atoms with van der Waals surface area (Å²) in [7, 11) is 0. The van der Waals surface area contributed by atoms with Crippen molar-refractivity contribution >= 4 is 17.3 Å². The SMILES string of the molecule is CCOC(=O)c1sccc1C(F)(F)F. The van der Waals surface area contributed by atoms with Crippen LogP contribution in [0.15, 0.2) is 11.4 Å². The van der Waals surface area contributed by atoms with Crippen molar-refractivity contribution < 1.29 is 22.7 Å². The maximum Gasteiger partial charge on any atom is 0.418 e. The first-order valence-corrected chi connectivity index (χ1v) is 4.66. The molecular weight excluding hydrogens is 217 g/mol. The quantitative estimate of drug-likeness (QED) is 0.722. The maximum atomic E-state index is 12.3. The van der Waals surface area contributed by atoms with Crippen LogP contribution in [0.4, 0.5) is 13.2 Å². The molecule has 1 heterocycles. The maximum absolute atomic E-state index is 12.3. The van der Waals surface area contributed by atoms with Gasteiger partial charge in [-0.2, -0.15) is 13.2 Å². The first-order valence-electron chi connectivity index (χ1n) is 3.78. The molecule has 0 aliphatic rings. The molecule has 0 atom stereocenters. The Hall–Kier alpha value is -1.04. The number of rotatable bonds is 2. The Balaban J connectivity index is 2.99. The van der Waals surface area contributed by atoms with Crippen molar-refractivity contribution in [3.8, 4) is 0 Å². The van der Waals surface area contributed by atoms with Crippen LogP contribution in [0.25, 0.3) is 0 Å². The van der Waals surface area contributed by atoms with E-state index >= 15 is 0 Å². The van der Waals surface area contributed by atoms with E-state index in [0.717, 1.165) is 17.4 Å². The fourth-order valence-electron chi connectivity index (χ4n) is 0.887. The highest BCUT2D eigenvalue weighted by molar-refractivity contribution is 7.12. The lowest BCUT2D eigenvalue weighted by Crippen LogP contribution is -2.11. The Bertz CT molecular complexity index is 330. The number of hydrogen-bond donors (Lipinski definition) is 0. The highest BCUT2D eigenvalue weighted by Crippen LogP contribution is 2.34. The molecule has 0 unspecified atom stereocenters. The molecule has 0 radical (unpaired) electrons. The molecule has 0 bridgehead atoms. The van der Waals surface area contributed by atoms with E-state index in [9.17, 15) is 18.0 Å². The predicted octanol–water partition coefficient (Wildman–Crippen LogP) is 2.94. The molecule has 0 amide bonds. The van der Waals surface area contributed by atoms with Crippen LogP contribution in [0, 0.1) is 0 Å². The summed E-state index contributed by atoms with van der Waals surface area (Å²) >= 11 is 0.730. The van der Waals surface area contributed by atoms with E-state index in [0.29, 0.717) is 0 Å². The second-order valence-corrected chi connectivity index (χ2v) is 3.30. The third kappa shape index (κ3) is 2.25. The Kier molecular flexibility index (Phi) is 3.15. The van der Waals surface area contributed by atoms with E-state index in [4.69, 9.17) is 0 Å². The minimum atomic E-state index is -4.50. The van der Waals surface area contributed by atoms with Gasteiger partial charge in [0, 0.05) is 0 Å². The van der Waals surface area contributed by atoms with Crippen molar-refractivity contribution in [3.63, 3.8) is 0 Å². The van der Waals surface area contributed by atoms with Crippen molar-refractivity contribution in [1.82, 2.24) is 0 Å². The Morgan fingerprint density at radius 1 is 1.57 bits per heavy atom. The molecular formula is C8H7F3O2S. The molecule has 14 heavy (non-hydrogen) atoms. The smallest absolute Gasteiger partial charge is 0.418 e. The summed E-state index contributed by atoms with van der Waals surface area (Å²) in [4.78, 5) is 10.7. The predicted molar refractivity (Wildman–Crippen MR) is 45.3 cm³/mol. The molecule has 6 heteroatoms. The van der Waals surface area contributed by atoms with Gasteiger partial charge in [-0.1, -0.05) is 0 Å². The van der Waals surface area contributed by atoms with Crippen LogP contribution in [-0.4, -0.2) is 12.6 Å². The monoisotopic (exact) mass is 224 g/mol. The molecule has 0 aromatic carbocycles. The van der Waals surface area contributed by atoms with Gasteiger partial charge in [-0.3, -0.25) is 0 Å². The number of carbonyl (C=O) groups is 1. The first kappa shape index (κ1) is 11.0. The van der Waals surface area contributed by atoms with E-state index in [2.05, 4.69) is 4.74 Å². The third-order valence-corrected chi connectivity index (χ3v) is 2.33. The van der Waals surface area contributed by atoms with Crippen molar-refractivity contribution in [2.75, 3.05) is 6.61 Å². The van der Waals surface area contributed by atoms with E-state index in [-0.39, 0.29) is 11.5 Å². The summed E-state index contributed by atoms with van der Waals surface area (Å²) in [5.41, 5.74) is -0.930. The Morgan fingerprint density at radius 2 is 2.21 bits per heavy atom. The summed E-state index contributed by atoms with van der Waals surface area (Å²) in [6.07, 6.45) is -4.50. The summed E-state index contributed by atoms with van der Waals surface area (Å²) in [6.45, 7) is 1.60. The second kappa shape index (κ2) is 4.00. The van der Waals surface area contributed by atoms with E-state index in [1.165, 1.54) is 5.38 Å². The summed E-state index contributed by atoms with van der Waals surface area (Å²) in [6, 6.07) is 0.872. The molecule has 0 spiro atoms. The van der Waals surface area contributed by atoms with Gasteiger partial charge in [0.25, 0.3) is 0 Å².